The minimum absolute atomic E-state index is 0.581. The number of aromatic nitrogens is 2. The molecule has 0 aliphatic heterocycles. The highest BCUT2D eigenvalue weighted by Gasteiger charge is 2.13. The van der Waals surface area contributed by atoms with E-state index >= 15 is 0 Å². The molecule has 1 unspecified atom stereocenters. The summed E-state index contributed by atoms with van der Waals surface area (Å²) in [4.78, 5) is 10.3. The Hall–Kier alpha value is -1.22. The highest BCUT2D eigenvalue weighted by atomic mass is 32.1. The maximum atomic E-state index is 4.74. The Morgan fingerprint density at radius 1 is 1.21 bits per heavy atom. The Morgan fingerprint density at radius 3 is 2.58 bits per heavy atom. The SMILES string of the molecule is CCCC(CC)c1cc(-c2cnc(C)s2)cc(C)n1. The molecule has 0 bridgehead atoms. The van der Waals surface area contributed by atoms with E-state index in [1.165, 1.54) is 29.0 Å². The third kappa shape index (κ3) is 3.41. The van der Waals surface area contributed by atoms with E-state index < -0.39 is 0 Å². The summed E-state index contributed by atoms with van der Waals surface area (Å²) in [5, 5.41) is 1.12. The van der Waals surface area contributed by atoms with Gasteiger partial charge in [-0.05, 0) is 44.4 Å². The molecule has 0 aliphatic carbocycles. The van der Waals surface area contributed by atoms with Crippen molar-refractivity contribution in [2.75, 3.05) is 0 Å². The predicted octanol–water partition coefficient (Wildman–Crippen LogP) is 5.12. The van der Waals surface area contributed by atoms with Gasteiger partial charge in [-0.1, -0.05) is 20.3 Å². The fraction of sp³-hybridized carbons (Fsp3) is 0.500. The minimum atomic E-state index is 0.581. The van der Waals surface area contributed by atoms with Crippen molar-refractivity contribution in [3.05, 3.63) is 34.7 Å². The van der Waals surface area contributed by atoms with Gasteiger partial charge in [0.2, 0.25) is 0 Å². The van der Waals surface area contributed by atoms with Gasteiger partial charge in [0.15, 0.2) is 0 Å². The van der Waals surface area contributed by atoms with Crippen LogP contribution in [-0.4, -0.2) is 9.97 Å². The number of nitrogens with zero attached hydrogens (tertiary/aromatic N) is 2. The summed E-state index contributed by atoms with van der Waals surface area (Å²) in [7, 11) is 0. The molecule has 0 amide bonds. The van der Waals surface area contributed by atoms with Crippen LogP contribution in [0.1, 0.15) is 55.4 Å². The van der Waals surface area contributed by atoms with Crippen molar-refractivity contribution < 1.29 is 0 Å². The van der Waals surface area contributed by atoms with Crippen LogP contribution in [0.2, 0.25) is 0 Å². The normalized spacial score (nSPS) is 12.6. The van der Waals surface area contributed by atoms with Gasteiger partial charge in [-0.25, -0.2) is 4.98 Å². The lowest BCUT2D eigenvalue weighted by Crippen LogP contribution is -2.01. The quantitative estimate of drug-likeness (QED) is 0.756. The molecule has 102 valence electrons. The van der Waals surface area contributed by atoms with Crippen LogP contribution in [0.4, 0.5) is 0 Å². The Morgan fingerprint density at radius 2 is 2.00 bits per heavy atom. The van der Waals surface area contributed by atoms with Crippen LogP contribution in [0.15, 0.2) is 18.3 Å². The van der Waals surface area contributed by atoms with E-state index in [4.69, 9.17) is 4.98 Å². The summed E-state index contributed by atoms with van der Waals surface area (Å²) in [5.74, 6) is 0.581. The summed E-state index contributed by atoms with van der Waals surface area (Å²) in [6, 6.07) is 4.42. The molecule has 3 heteroatoms. The van der Waals surface area contributed by atoms with Crippen molar-refractivity contribution in [3.8, 4) is 10.4 Å². The van der Waals surface area contributed by atoms with Gasteiger partial charge >= 0.3 is 0 Å². The molecule has 0 saturated heterocycles. The van der Waals surface area contributed by atoms with Gasteiger partial charge < -0.3 is 0 Å². The van der Waals surface area contributed by atoms with Crippen molar-refractivity contribution in [2.45, 2.75) is 52.9 Å². The highest BCUT2D eigenvalue weighted by Crippen LogP contribution is 2.30. The molecule has 0 N–H and O–H groups in total. The molecule has 0 aliphatic rings. The van der Waals surface area contributed by atoms with E-state index in [-0.39, 0.29) is 0 Å². The number of rotatable bonds is 5. The Labute approximate surface area is 119 Å². The van der Waals surface area contributed by atoms with E-state index in [9.17, 15) is 0 Å². The molecular weight excluding hydrogens is 252 g/mol. The summed E-state index contributed by atoms with van der Waals surface area (Å²) in [6.45, 7) is 8.63. The van der Waals surface area contributed by atoms with Crippen LogP contribution in [0, 0.1) is 13.8 Å². The zero-order valence-corrected chi connectivity index (χ0v) is 13.0. The van der Waals surface area contributed by atoms with Crippen molar-refractivity contribution in [1.29, 1.82) is 0 Å². The third-order valence-corrected chi connectivity index (χ3v) is 4.39. The monoisotopic (exact) mass is 274 g/mol. The molecule has 1 atom stereocenters. The van der Waals surface area contributed by atoms with E-state index in [0.717, 1.165) is 17.1 Å². The molecule has 2 nitrogen and oxygen atoms in total. The topological polar surface area (TPSA) is 25.8 Å². The first-order valence-electron chi connectivity index (χ1n) is 7.05. The van der Waals surface area contributed by atoms with E-state index in [1.54, 1.807) is 11.3 Å². The molecule has 0 fully saturated rings. The zero-order valence-electron chi connectivity index (χ0n) is 12.2. The lowest BCUT2D eigenvalue weighted by Gasteiger charge is -2.15. The van der Waals surface area contributed by atoms with Crippen LogP contribution < -0.4 is 0 Å². The van der Waals surface area contributed by atoms with Crippen molar-refractivity contribution in [1.82, 2.24) is 9.97 Å². The molecule has 0 radical (unpaired) electrons. The third-order valence-electron chi connectivity index (χ3n) is 3.43. The number of hydrogen-bond acceptors (Lipinski definition) is 3. The molecule has 2 rings (SSSR count). The molecule has 2 heterocycles. The highest BCUT2D eigenvalue weighted by molar-refractivity contribution is 7.15. The van der Waals surface area contributed by atoms with Gasteiger partial charge in [-0.15, -0.1) is 11.3 Å². The zero-order chi connectivity index (χ0) is 13.8. The summed E-state index contributed by atoms with van der Waals surface area (Å²) in [6.07, 6.45) is 5.56. The van der Waals surface area contributed by atoms with E-state index in [2.05, 4.69) is 44.8 Å². The van der Waals surface area contributed by atoms with E-state index in [1.807, 2.05) is 6.20 Å². The molecule has 19 heavy (non-hydrogen) atoms. The number of pyridine rings is 1. The van der Waals surface area contributed by atoms with Crippen LogP contribution in [0.25, 0.3) is 10.4 Å². The first kappa shape index (κ1) is 14.2. The maximum absolute atomic E-state index is 4.74. The fourth-order valence-electron chi connectivity index (χ4n) is 2.45. The fourth-order valence-corrected chi connectivity index (χ4v) is 3.21. The summed E-state index contributed by atoms with van der Waals surface area (Å²) >= 11 is 1.75. The lowest BCUT2D eigenvalue weighted by atomic mass is 9.95. The smallest absolute Gasteiger partial charge is 0.0900 e. The maximum Gasteiger partial charge on any atom is 0.0900 e. The predicted molar refractivity (Wildman–Crippen MR) is 82.8 cm³/mol. The van der Waals surface area contributed by atoms with Gasteiger partial charge in [0, 0.05) is 23.5 Å². The standard InChI is InChI=1S/C16H22N2S/c1-5-7-13(6-2)15-9-14(8-11(3)18-15)16-10-17-12(4)19-16/h8-10,13H,5-7H2,1-4H3. The molecule has 0 aromatic carbocycles. The first-order chi connectivity index (χ1) is 9.13. The first-order valence-corrected chi connectivity index (χ1v) is 7.87. The lowest BCUT2D eigenvalue weighted by molar-refractivity contribution is 0.580. The van der Waals surface area contributed by atoms with Gasteiger partial charge in [-0.3, -0.25) is 4.98 Å². The van der Waals surface area contributed by atoms with Crippen LogP contribution >= 0.6 is 11.3 Å². The summed E-state index contributed by atoms with van der Waals surface area (Å²) < 4.78 is 0. The molecular formula is C16H22N2S. The van der Waals surface area contributed by atoms with Crippen LogP contribution in [0.5, 0.6) is 0 Å². The van der Waals surface area contributed by atoms with Gasteiger partial charge in [0.25, 0.3) is 0 Å². The van der Waals surface area contributed by atoms with Crippen molar-refractivity contribution >= 4 is 11.3 Å². The Balaban J connectivity index is 2.39. The second-order valence-electron chi connectivity index (χ2n) is 5.06. The molecule has 2 aromatic rings. The average molecular weight is 274 g/mol. The number of aryl methyl sites for hydroxylation is 2. The van der Waals surface area contributed by atoms with Crippen molar-refractivity contribution in [3.63, 3.8) is 0 Å². The minimum Gasteiger partial charge on any atom is -0.258 e. The molecule has 0 spiro atoms. The number of hydrogen-bond donors (Lipinski definition) is 0. The average Bonchev–Trinajstić information content (AvgIpc) is 2.82. The van der Waals surface area contributed by atoms with Crippen LogP contribution in [-0.2, 0) is 0 Å². The Kier molecular flexibility index (Phi) is 4.70. The van der Waals surface area contributed by atoms with E-state index in [0.29, 0.717) is 5.92 Å². The van der Waals surface area contributed by atoms with Gasteiger partial charge in [0.1, 0.15) is 0 Å². The molecule has 2 aromatic heterocycles. The second-order valence-corrected chi connectivity index (χ2v) is 6.29. The Bertz CT molecular complexity index is 545. The summed E-state index contributed by atoms with van der Waals surface area (Å²) in [5.41, 5.74) is 3.61. The second kappa shape index (κ2) is 6.29. The van der Waals surface area contributed by atoms with Gasteiger partial charge in [-0.2, -0.15) is 0 Å². The number of thiazole rings is 1. The van der Waals surface area contributed by atoms with Crippen molar-refractivity contribution in [2.24, 2.45) is 0 Å². The molecule has 0 saturated carbocycles. The van der Waals surface area contributed by atoms with Crippen LogP contribution in [0.3, 0.4) is 0 Å². The largest absolute Gasteiger partial charge is 0.258 e. The van der Waals surface area contributed by atoms with Gasteiger partial charge in [0.05, 0.1) is 9.88 Å².